The molecular weight excluding hydrogens is 324 g/mol. The molecule has 2 aliphatic rings. The molecule has 24 heavy (non-hydrogen) atoms. The van der Waals surface area contributed by atoms with Gasteiger partial charge in [-0.3, -0.25) is 9.69 Å². The van der Waals surface area contributed by atoms with E-state index in [4.69, 9.17) is 5.73 Å². The number of nitrogens with one attached hydrogen (secondary N) is 1. The summed E-state index contributed by atoms with van der Waals surface area (Å²) in [6.45, 7) is 9.48. The Kier molecular flexibility index (Phi) is 8.99. The molecule has 142 valence electrons. The fraction of sp³-hybridized carbons (Fsp3) is 0.944. The van der Waals surface area contributed by atoms with E-state index in [0.29, 0.717) is 0 Å². The number of nitrogens with two attached hydrogens (primary N) is 1. The normalized spacial score (nSPS) is 24.7. The number of nitrogens with zero attached hydrogens (tertiary/aromatic N) is 2. The summed E-state index contributed by atoms with van der Waals surface area (Å²) in [5, 5.41) is 3.20. The highest BCUT2D eigenvalue weighted by Crippen LogP contribution is 2.30. The van der Waals surface area contributed by atoms with Crippen LogP contribution in [0.15, 0.2) is 0 Å². The molecule has 2 fully saturated rings. The first-order valence-corrected chi connectivity index (χ1v) is 9.45. The molecule has 2 saturated heterocycles. The maximum absolute atomic E-state index is 12.4. The van der Waals surface area contributed by atoms with E-state index in [2.05, 4.69) is 36.0 Å². The van der Waals surface area contributed by atoms with Gasteiger partial charge in [-0.15, -0.1) is 12.4 Å². The van der Waals surface area contributed by atoms with Crippen LogP contribution in [0.2, 0.25) is 0 Å². The number of hydrogen-bond donors (Lipinski definition) is 2. The average Bonchev–Trinajstić information content (AvgIpc) is 2.60. The van der Waals surface area contributed by atoms with Crippen molar-refractivity contribution in [3.05, 3.63) is 0 Å². The molecule has 0 aromatic rings. The number of amides is 1. The number of carbonyl (C=O) groups excluding carboxylic acids is 1. The van der Waals surface area contributed by atoms with Crippen LogP contribution in [0.3, 0.4) is 0 Å². The summed E-state index contributed by atoms with van der Waals surface area (Å²) in [7, 11) is 2.19. The molecule has 3 N–H and O–H groups in total. The molecule has 0 aromatic heterocycles. The van der Waals surface area contributed by atoms with Crippen LogP contribution < -0.4 is 11.1 Å². The first kappa shape index (κ1) is 21.7. The van der Waals surface area contributed by atoms with E-state index in [0.717, 1.165) is 38.9 Å². The molecule has 0 bridgehead atoms. The summed E-state index contributed by atoms with van der Waals surface area (Å²) in [6.07, 6.45) is 7.15. The van der Waals surface area contributed by atoms with Gasteiger partial charge < -0.3 is 16.0 Å². The Bertz CT molecular complexity index is 379. The van der Waals surface area contributed by atoms with E-state index in [9.17, 15) is 4.79 Å². The van der Waals surface area contributed by atoms with Gasteiger partial charge in [-0.1, -0.05) is 26.7 Å². The van der Waals surface area contributed by atoms with Crippen molar-refractivity contribution in [3.63, 3.8) is 0 Å². The Hall–Kier alpha value is -0.360. The molecule has 0 spiro atoms. The zero-order chi connectivity index (χ0) is 16.9. The summed E-state index contributed by atoms with van der Waals surface area (Å²) in [5.41, 5.74) is 6.23. The van der Waals surface area contributed by atoms with Crippen molar-refractivity contribution in [3.8, 4) is 0 Å². The molecule has 2 rings (SSSR count). The van der Waals surface area contributed by atoms with E-state index in [-0.39, 0.29) is 35.8 Å². The lowest BCUT2D eigenvalue weighted by Crippen LogP contribution is -2.62. The number of hydrogen-bond acceptors (Lipinski definition) is 4. The van der Waals surface area contributed by atoms with E-state index >= 15 is 0 Å². The molecular formula is C18H37ClN4O. The smallest absolute Gasteiger partial charge is 0.237 e. The monoisotopic (exact) mass is 360 g/mol. The third-order valence-corrected chi connectivity index (χ3v) is 6.10. The fourth-order valence-electron chi connectivity index (χ4n) is 3.89. The summed E-state index contributed by atoms with van der Waals surface area (Å²) in [4.78, 5) is 17.5. The number of piperidine rings is 2. The van der Waals surface area contributed by atoms with Gasteiger partial charge in [0.1, 0.15) is 0 Å². The summed E-state index contributed by atoms with van der Waals surface area (Å²) in [5.74, 6) is 0.257. The van der Waals surface area contributed by atoms with Crippen LogP contribution in [0.4, 0.5) is 0 Å². The molecule has 2 atom stereocenters. The Morgan fingerprint density at radius 1 is 1.17 bits per heavy atom. The van der Waals surface area contributed by atoms with Gasteiger partial charge in [0.25, 0.3) is 0 Å². The van der Waals surface area contributed by atoms with Gasteiger partial charge in [0.15, 0.2) is 0 Å². The second-order valence-electron chi connectivity index (χ2n) is 7.70. The lowest BCUT2D eigenvalue weighted by molar-refractivity contribution is -0.124. The maximum Gasteiger partial charge on any atom is 0.237 e. The highest BCUT2D eigenvalue weighted by Gasteiger charge is 2.40. The number of rotatable bonds is 6. The predicted molar refractivity (Wildman–Crippen MR) is 103 cm³/mol. The van der Waals surface area contributed by atoms with Gasteiger partial charge in [-0.05, 0) is 64.8 Å². The first-order valence-electron chi connectivity index (χ1n) is 9.45. The molecule has 0 saturated carbocycles. The minimum atomic E-state index is -0.385. The molecule has 0 radical (unpaired) electrons. The van der Waals surface area contributed by atoms with Crippen LogP contribution in [0.25, 0.3) is 0 Å². The standard InChI is InChI=1S/C18H36N4O.ClH/c1-4-15(2)16(19)17(23)20-14-18(8-12-21(3)13-9-18)22-10-6-5-7-11-22;/h15-16H,4-14,19H2,1-3H3,(H,20,23);1H. The predicted octanol–water partition coefficient (Wildman–Crippen LogP) is 1.85. The SMILES string of the molecule is CCC(C)C(N)C(=O)NCC1(N2CCCCC2)CCN(C)CC1.Cl. The van der Waals surface area contributed by atoms with E-state index < -0.39 is 0 Å². The van der Waals surface area contributed by atoms with Crippen molar-refractivity contribution in [2.75, 3.05) is 39.8 Å². The zero-order valence-electron chi connectivity index (χ0n) is 15.7. The zero-order valence-corrected chi connectivity index (χ0v) is 16.5. The van der Waals surface area contributed by atoms with Crippen molar-refractivity contribution >= 4 is 18.3 Å². The number of halogens is 1. The second-order valence-corrected chi connectivity index (χ2v) is 7.70. The minimum absolute atomic E-state index is 0. The van der Waals surface area contributed by atoms with Crippen molar-refractivity contribution in [2.24, 2.45) is 11.7 Å². The third kappa shape index (κ3) is 5.32. The van der Waals surface area contributed by atoms with Gasteiger partial charge in [0, 0.05) is 12.1 Å². The Labute approximate surface area is 154 Å². The molecule has 0 aromatic carbocycles. The van der Waals surface area contributed by atoms with Gasteiger partial charge in [-0.2, -0.15) is 0 Å². The lowest BCUT2D eigenvalue weighted by atomic mass is 9.84. The van der Waals surface area contributed by atoms with Crippen LogP contribution in [0.1, 0.15) is 52.4 Å². The largest absolute Gasteiger partial charge is 0.353 e. The fourth-order valence-corrected chi connectivity index (χ4v) is 3.89. The van der Waals surface area contributed by atoms with Crippen LogP contribution in [0.5, 0.6) is 0 Å². The van der Waals surface area contributed by atoms with Crippen molar-refractivity contribution in [1.82, 2.24) is 15.1 Å². The number of carbonyl (C=O) groups is 1. The summed E-state index contributed by atoms with van der Waals surface area (Å²) in [6, 6.07) is -0.385. The average molecular weight is 361 g/mol. The van der Waals surface area contributed by atoms with Crippen LogP contribution in [0, 0.1) is 5.92 Å². The van der Waals surface area contributed by atoms with E-state index in [1.165, 1.54) is 32.4 Å². The molecule has 2 unspecified atom stereocenters. The van der Waals surface area contributed by atoms with Crippen LogP contribution >= 0.6 is 12.4 Å². The molecule has 5 nitrogen and oxygen atoms in total. The molecule has 1 amide bonds. The Morgan fingerprint density at radius 3 is 2.29 bits per heavy atom. The maximum atomic E-state index is 12.4. The minimum Gasteiger partial charge on any atom is -0.353 e. The molecule has 6 heteroatoms. The number of likely N-dealkylation sites (tertiary alicyclic amines) is 2. The highest BCUT2D eigenvalue weighted by atomic mass is 35.5. The Morgan fingerprint density at radius 2 is 1.75 bits per heavy atom. The van der Waals surface area contributed by atoms with E-state index in [1.54, 1.807) is 0 Å². The van der Waals surface area contributed by atoms with Gasteiger partial charge >= 0.3 is 0 Å². The molecule has 2 heterocycles. The van der Waals surface area contributed by atoms with Gasteiger partial charge in [0.2, 0.25) is 5.91 Å². The van der Waals surface area contributed by atoms with Gasteiger partial charge in [0.05, 0.1) is 6.04 Å². The van der Waals surface area contributed by atoms with Crippen molar-refractivity contribution < 1.29 is 4.79 Å². The van der Waals surface area contributed by atoms with Crippen molar-refractivity contribution in [2.45, 2.75) is 64.0 Å². The van der Waals surface area contributed by atoms with Crippen LogP contribution in [-0.2, 0) is 4.79 Å². The topological polar surface area (TPSA) is 61.6 Å². The second kappa shape index (κ2) is 9.95. The summed E-state index contributed by atoms with van der Waals surface area (Å²) < 4.78 is 0. The lowest BCUT2D eigenvalue weighted by Gasteiger charge is -2.50. The highest BCUT2D eigenvalue weighted by molar-refractivity contribution is 5.85. The van der Waals surface area contributed by atoms with Crippen LogP contribution in [-0.4, -0.2) is 67.1 Å². The summed E-state index contributed by atoms with van der Waals surface area (Å²) >= 11 is 0. The third-order valence-electron chi connectivity index (χ3n) is 6.10. The molecule has 0 aliphatic carbocycles. The van der Waals surface area contributed by atoms with E-state index in [1.807, 2.05) is 0 Å². The molecule has 2 aliphatic heterocycles. The first-order chi connectivity index (χ1) is 11.0. The quantitative estimate of drug-likeness (QED) is 0.758. The van der Waals surface area contributed by atoms with Gasteiger partial charge in [-0.25, -0.2) is 0 Å². The van der Waals surface area contributed by atoms with Crippen molar-refractivity contribution in [1.29, 1.82) is 0 Å². The Balaban J connectivity index is 0.00000288.